The number of H-pyrrole nitrogens is 1. The monoisotopic (exact) mass is 343 g/mol. The van der Waals surface area contributed by atoms with Crippen LogP contribution in [0.4, 0.5) is 0 Å². The van der Waals surface area contributed by atoms with Gasteiger partial charge in [0.25, 0.3) is 0 Å². The second-order valence-electron chi connectivity index (χ2n) is 4.88. The number of hydrogen-bond acceptors (Lipinski definition) is 2. The van der Waals surface area contributed by atoms with E-state index >= 15 is 0 Å². The maximum absolute atomic E-state index is 11.5. The number of halogens is 1. The number of hydrogen-bond donors (Lipinski definition) is 1. The molecule has 0 fully saturated rings. The number of aldehydes is 1. The summed E-state index contributed by atoms with van der Waals surface area (Å²) in [5.41, 5.74) is 4.44. The number of rotatable bonds is 3. The minimum Gasteiger partial charge on any atom is -0.496 e. The first kappa shape index (κ1) is 13.9. The highest BCUT2D eigenvalue weighted by molar-refractivity contribution is 9.10. The van der Waals surface area contributed by atoms with Crippen molar-refractivity contribution in [2.45, 2.75) is 6.92 Å². The molecule has 3 rings (SSSR count). The van der Waals surface area contributed by atoms with Crippen molar-refractivity contribution in [3.05, 3.63) is 52.0 Å². The summed E-state index contributed by atoms with van der Waals surface area (Å²) < 4.78 is 6.23. The number of fused-ring (bicyclic) bond motifs is 1. The van der Waals surface area contributed by atoms with E-state index in [0.29, 0.717) is 5.56 Å². The first-order valence-electron chi connectivity index (χ1n) is 6.56. The van der Waals surface area contributed by atoms with E-state index in [1.165, 1.54) is 0 Å². The predicted molar refractivity (Wildman–Crippen MR) is 88.1 cm³/mol. The molecule has 0 spiro atoms. The molecule has 1 aromatic heterocycles. The van der Waals surface area contributed by atoms with Crippen LogP contribution >= 0.6 is 15.9 Å². The van der Waals surface area contributed by atoms with E-state index in [1.807, 2.05) is 43.3 Å². The van der Waals surface area contributed by atoms with Gasteiger partial charge in [0, 0.05) is 15.4 Å². The van der Waals surface area contributed by atoms with Crippen molar-refractivity contribution in [1.82, 2.24) is 4.98 Å². The zero-order valence-corrected chi connectivity index (χ0v) is 13.3. The number of aryl methyl sites for hydroxylation is 1. The first-order chi connectivity index (χ1) is 10.2. The Balaban J connectivity index is 2.27. The topological polar surface area (TPSA) is 42.1 Å². The van der Waals surface area contributed by atoms with Gasteiger partial charge >= 0.3 is 0 Å². The molecule has 0 aliphatic rings. The molecule has 1 heterocycles. The van der Waals surface area contributed by atoms with Crippen molar-refractivity contribution in [1.29, 1.82) is 0 Å². The fourth-order valence-corrected chi connectivity index (χ4v) is 3.05. The Morgan fingerprint density at radius 2 is 2.05 bits per heavy atom. The molecular weight excluding hydrogens is 330 g/mol. The maximum Gasteiger partial charge on any atom is 0.152 e. The first-order valence-corrected chi connectivity index (χ1v) is 7.35. The number of carbonyl (C=O) groups is 1. The van der Waals surface area contributed by atoms with Crippen LogP contribution in [0.15, 0.2) is 40.9 Å². The summed E-state index contributed by atoms with van der Waals surface area (Å²) in [5.74, 6) is 0.837. The maximum atomic E-state index is 11.5. The molecule has 0 radical (unpaired) electrons. The van der Waals surface area contributed by atoms with Crippen LogP contribution in [0.5, 0.6) is 5.75 Å². The lowest BCUT2D eigenvalue weighted by molar-refractivity contribution is 0.112. The summed E-state index contributed by atoms with van der Waals surface area (Å²) >= 11 is 3.52. The molecule has 0 saturated heterocycles. The molecule has 0 aliphatic carbocycles. The number of carbonyl (C=O) groups excluding carboxylic acids is 1. The average molecular weight is 344 g/mol. The number of benzene rings is 2. The Labute approximate surface area is 131 Å². The number of ether oxygens (including phenoxy) is 1. The normalized spacial score (nSPS) is 10.8. The fraction of sp³-hybridized carbons (Fsp3) is 0.118. The molecule has 4 heteroatoms. The second-order valence-corrected chi connectivity index (χ2v) is 5.73. The third-order valence-electron chi connectivity index (χ3n) is 3.62. The van der Waals surface area contributed by atoms with Gasteiger partial charge in [-0.05, 0) is 58.2 Å². The molecule has 3 nitrogen and oxygen atoms in total. The van der Waals surface area contributed by atoms with Gasteiger partial charge in [-0.25, -0.2) is 0 Å². The third-order valence-corrected chi connectivity index (χ3v) is 4.29. The van der Waals surface area contributed by atoms with Crippen molar-refractivity contribution in [3.63, 3.8) is 0 Å². The minimum absolute atomic E-state index is 0.677. The van der Waals surface area contributed by atoms with Crippen LogP contribution in [0, 0.1) is 6.92 Å². The summed E-state index contributed by atoms with van der Waals surface area (Å²) in [7, 11) is 1.65. The Hall–Kier alpha value is -2.07. The van der Waals surface area contributed by atoms with E-state index in [0.717, 1.165) is 44.2 Å². The Bertz CT molecular complexity index is 836. The molecule has 0 amide bonds. The highest BCUT2D eigenvalue weighted by atomic mass is 79.9. The van der Waals surface area contributed by atoms with Crippen LogP contribution in [0.25, 0.3) is 22.2 Å². The molecule has 106 valence electrons. The second kappa shape index (κ2) is 5.37. The molecule has 3 aromatic rings. The van der Waals surface area contributed by atoms with Gasteiger partial charge in [0.2, 0.25) is 0 Å². The molecule has 21 heavy (non-hydrogen) atoms. The third kappa shape index (κ3) is 2.25. The van der Waals surface area contributed by atoms with Crippen LogP contribution in [0.3, 0.4) is 0 Å². The van der Waals surface area contributed by atoms with Gasteiger partial charge in [0.15, 0.2) is 6.29 Å². The molecule has 2 aromatic carbocycles. The number of aromatic nitrogens is 1. The van der Waals surface area contributed by atoms with E-state index in [-0.39, 0.29) is 0 Å². The highest BCUT2D eigenvalue weighted by Gasteiger charge is 2.14. The van der Waals surface area contributed by atoms with Gasteiger partial charge in [-0.1, -0.05) is 12.1 Å². The number of nitrogens with one attached hydrogen (secondary N) is 1. The van der Waals surface area contributed by atoms with Gasteiger partial charge in [-0.3, -0.25) is 4.79 Å². The Morgan fingerprint density at radius 1 is 1.24 bits per heavy atom. The Morgan fingerprint density at radius 3 is 2.71 bits per heavy atom. The van der Waals surface area contributed by atoms with E-state index in [4.69, 9.17) is 4.74 Å². The molecule has 0 saturated carbocycles. The zero-order valence-electron chi connectivity index (χ0n) is 11.7. The number of methoxy groups -OCH3 is 1. The summed E-state index contributed by atoms with van der Waals surface area (Å²) in [4.78, 5) is 14.9. The van der Waals surface area contributed by atoms with Gasteiger partial charge in [-0.15, -0.1) is 0 Å². The number of para-hydroxylation sites is 1. The minimum atomic E-state index is 0.677. The Kier molecular flexibility index (Phi) is 3.55. The van der Waals surface area contributed by atoms with Crippen molar-refractivity contribution >= 4 is 33.1 Å². The molecule has 0 bridgehead atoms. The van der Waals surface area contributed by atoms with E-state index < -0.39 is 0 Å². The summed E-state index contributed by atoms with van der Waals surface area (Å²) in [6.07, 6.45) is 0.903. The molecular formula is C17H14BrNO2. The largest absolute Gasteiger partial charge is 0.496 e. The van der Waals surface area contributed by atoms with Gasteiger partial charge in [-0.2, -0.15) is 0 Å². The summed E-state index contributed by atoms with van der Waals surface area (Å²) in [6, 6.07) is 11.7. The van der Waals surface area contributed by atoms with Crippen LogP contribution in [0.2, 0.25) is 0 Å². The number of aromatic amines is 1. The van der Waals surface area contributed by atoms with Crippen LogP contribution in [-0.2, 0) is 0 Å². The average Bonchev–Trinajstić information content (AvgIpc) is 2.87. The van der Waals surface area contributed by atoms with E-state index in [2.05, 4.69) is 20.9 Å². The van der Waals surface area contributed by atoms with Gasteiger partial charge in [0.1, 0.15) is 5.75 Å². The van der Waals surface area contributed by atoms with Gasteiger partial charge < -0.3 is 9.72 Å². The lowest BCUT2D eigenvalue weighted by Gasteiger charge is -2.07. The molecule has 0 unspecified atom stereocenters. The lowest BCUT2D eigenvalue weighted by Crippen LogP contribution is -1.89. The van der Waals surface area contributed by atoms with Crippen LogP contribution in [-0.4, -0.2) is 18.4 Å². The van der Waals surface area contributed by atoms with Gasteiger partial charge in [0.05, 0.1) is 18.3 Å². The quantitative estimate of drug-likeness (QED) is 0.698. The van der Waals surface area contributed by atoms with E-state index in [9.17, 15) is 4.79 Å². The van der Waals surface area contributed by atoms with Crippen molar-refractivity contribution in [3.8, 4) is 17.0 Å². The van der Waals surface area contributed by atoms with Crippen LogP contribution < -0.4 is 4.74 Å². The predicted octanol–water partition coefficient (Wildman–Crippen LogP) is 4.73. The van der Waals surface area contributed by atoms with Crippen molar-refractivity contribution in [2.75, 3.05) is 7.11 Å². The standard InChI is InChI=1S/C17H14BrNO2/c1-10-8-11(6-7-15(10)21-2)16-13(9-20)12-4-3-5-14(18)17(12)19-16/h3-9,19H,1-2H3. The van der Waals surface area contributed by atoms with E-state index in [1.54, 1.807) is 7.11 Å². The molecule has 0 aliphatic heterocycles. The lowest BCUT2D eigenvalue weighted by atomic mass is 10.0. The van der Waals surface area contributed by atoms with Crippen molar-refractivity contribution in [2.24, 2.45) is 0 Å². The summed E-state index contributed by atoms with van der Waals surface area (Å²) in [5, 5.41) is 0.919. The zero-order chi connectivity index (χ0) is 15.0. The smallest absolute Gasteiger partial charge is 0.152 e. The molecule has 0 atom stereocenters. The fourth-order valence-electron chi connectivity index (χ4n) is 2.59. The summed E-state index contributed by atoms with van der Waals surface area (Å²) in [6.45, 7) is 1.99. The van der Waals surface area contributed by atoms with Crippen LogP contribution in [0.1, 0.15) is 15.9 Å². The molecule has 1 N–H and O–H groups in total. The van der Waals surface area contributed by atoms with Crippen molar-refractivity contribution < 1.29 is 9.53 Å². The highest BCUT2D eigenvalue weighted by Crippen LogP contribution is 2.34. The SMILES string of the molecule is COc1ccc(-c2[nH]c3c(Br)cccc3c2C=O)cc1C.